The summed E-state index contributed by atoms with van der Waals surface area (Å²) in [5, 5.41) is 9.46. The van der Waals surface area contributed by atoms with Crippen molar-refractivity contribution in [1.82, 2.24) is 18.7 Å². The Morgan fingerprint density at radius 2 is 1.90 bits per heavy atom. The number of nitrogens with zero attached hydrogens (tertiary/aromatic N) is 4. The molecule has 0 bridgehead atoms. The second-order valence-corrected chi connectivity index (χ2v) is 7.01. The SMILES string of the molecule is C#CCn1c(=O)c2c(nc(-c3ccc(OC)c(OC)c3)n2C)n(C[C@H](C)CO)c1=O. The molecule has 0 saturated heterocycles. The molecular weight excluding hydrogens is 388 g/mol. The van der Waals surface area contributed by atoms with Gasteiger partial charge >= 0.3 is 5.69 Å². The van der Waals surface area contributed by atoms with Gasteiger partial charge in [-0.3, -0.25) is 9.36 Å². The summed E-state index contributed by atoms with van der Waals surface area (Å²) in [4.78, 5) is 30.6. The molecule has 9 heteroatoms. The minimum atomic E-state index is -0.553. The van der Waals surface area contributed by atoms with E-state index >= 15 is 0 Å². The van der Waals surface area contributed by atoms with E-state index in [1.54, 1.807) is 43.8 Å². The van der Waals surface area contributed by atoms with E-state index in [1.807, 2.05) is 0 Å². The van der Waals surface area contributed by atoms with Crippen LogP contribution >= 0.6 is 0 Å². The summed E-state index contributed by atoms with van der Waals surface area (Å²) < 4.78 is 14.7. The van der Waals surface area contributed by atoms with Crippen molar-refractivity contribution in [2.45, 2.75) is 20.0 Å². The molecule has 2 aromatic heterocycles. The number of methoxy groups -OCH3 is 2. The van der Waals surface area contributed by atoms with Crippen LogP contribution in [0.5, 0.6) is 11.5 Å². The van der Waals surface area contributed by atoms with Crippen molar-refractivity contribution in [1.29, 1.82) is 0 Å². The fourth-order valence-corrected chi connectivity index (χ4v) is 3.36. The molecule has 1 aromatic carbocycles. The lowest BCUT2D eigenvalue weighted by Gasteiger charge is -2.13. The van der Waals surface area contributed by atoms with E-state index in [4.69, 9.17) is 15.9 Å². The Kier molecular flexibility index (Phi) is 5.99. The van der Waals surface area contributed by atoms with Gasteiger partial charge in [0, 0.05) is 25.8 Å². The number of hydrogen-bond acceptors (Lipinski definition) is 6. The van der Waals surface area contributed by atoms with Crippen molar-refractivity contribution >= 4 is 11.2 Å². The van der Waals surface area contributed by atoms with Crippen LogP contribution in [0.15, 0.2) is 27.8 Å². The predicted octanol–water partition coefficient (Wildman–Crippen LogP) is 0.842. The number of hydrogen-bond donors (Lipinski definition) is 1. The molecule has 3 rings (SSSR count). The second kappa shape index (κ2) is 8.47. The van der Waals surface area contributed by atoms with Crippen molar-refractivity contribution < 1.29 is 14.6 Å². The first-order chi connectivity index (χ1) is 14.4. The Labute approximate surface area is 173 Å². The van der Waals surface area contributed by atoms with Gasteiger partial charge in [-0.25, -0.2) is 14.3 Å². The lowest BCUT2D eigenvalue weighted by Crippen LogP contribution is -2.41. The summed E-state index contributed by atoms with van der Waals surface area (Å²) in [6, 6.07) is 5.28. The molecule has 3 aromatic rings. The first-order valence-electron chi connectivity index (χ1n) is 9.34. The van der Waals surface area contributed by atoms with Crippen molar-refractivity contribution in [3.8, 4) is 35.2 Å². The van der Waals surface area contributed by atoms with Gasteiger partial charge < -0.3 is 19.1 Å². The van der Waals surface area contributed by atoms with E-state index in [2.05, 4.69) is 10.9 Å². The molecular formula is C21H24N4O5. The fraction of sp³-hybridized carbons (Fsp3) is 0.381. The average Bonchev–Trinajstić information content (AvgIpc) is 3.10. The van der Waals surface area contributed by atoms with Gasteiger partial charge in [0.2, 0.25) is 0 Å². The highest BCUT2D eigenvalue weighted by molar-refractivity contribution is 5.77. The van der Waals surface area contributed by atoms with Crippen LogP contribution in [-0.4, -0.2) is 44.6 Å². The number of ether oxygens (including phenoxy) is 2. The standard InChI is InChI=1S/C21H24N4O5/c1-6-9-24-20(27)17-19(25(21(24)28)11-13(2)12-26)22-18(23(17)3)14-7-8-15(29-4)16(10-14)30-5/h1,7-8,10,13,26H,9,11-12H2,2-5H3/t13-/m0/s1. The van der Waals surface area contributed by atoms with Crippen LogP contribution in [0.1, 0.15) is 6.92 Å². The van der Waals surface area contributed by atoms with E-state index in [1.165, 1.54) is 11.7 Å². The van der Waals surface area contributed by atoms with Gasteiger partial charge in [-0.05, 0) is 24.1 Å². The largest absolute Gasteiger partial charge is 0.493 e. The summed E-state index contributed by atoms with van der Waals surface area (Å²) in [5.74, 6) is 3.69. The van der Waals surface area contributed by atoms with Crippen LogP contribution in [0.25, 0.3) is 22.6 Å². The third-order valence-corrected chi connectivity index (χ3v) is 4.94. The predicted molar refractivity (Wildman–Crippen MR) is 113 cm³/mol. The molecule has 1 N–H and O–H groups in total. The van der Waals surface area contributed by atoms with Gasteiger partial charge in [0.05, 0.1) is 20.8 Å². The highest BCUT2D eigenvalue weighted by Crippen LogP contribution is 2.32. The normalized spacial score (nSPS) is 12.0. The van der Waals surface area contributed by atoms with Gasteiger partial charge in [0.15, 0.2) is 22.7 Å². The highest BCUT2D eigenvalue weighted by Gasteiger charge is 2.22. The minimum Gasteiger partial charge on any atom is -0.493 e. The monoisotopic (exact) mass is 412 g/mol. The number of aliphatic hydroxyl groups is 1. The number of imidazole rings is 1. The van der Waals surface area contributed by atoms with Crippen molar-refractivity contribution in [3.05, 3.63) is 39.0 Å². The van der Waals surface area contributed by atoms with Crippen molar-refractivity contribution in [3.63, 3.8) is 0 Å². The van der Waals surface area contributed by atoms with Crippen LogP contribution in [0.3, 0.4) is 0 Å². The molecule has 0 fully saturated rings. The van der Waals surface area contributed by atoms with Crippen LogP contribution < -0.4 is 20.7 Å². The van der Waals surface area contributed by atoms with E-state index in [0.717, 1.165) is 4.57 Å². The second-order valence-electron chi connectivity index (χ2n) is 7.01. The Morgan fingerprint density at radius 3 is 2.50 bits per heavy atom. The molecule has 0 radical (unpaired) electrons. The molecule has 0 aliphatic heterocycles. The zero-order valence-electron chi connectivity index (χ0n) is 17.4. The van der Waals surface area contributed by atoms with Gasteiger partial charge in [-0.1, -0.05) is 12.8 Å². The average molecular weight is 412 g/mol. The number of rotatable bonds is 7. The quantitative estimate of drug-likeness (QED) is 0.578. The molecule has 9 nitrogen and oxygen atoms in total. The van der Waals surface area contributed by atoms with Gasteiger partial charge in [0.25, 0.3) is 5.56 Å². The van der Waals surface area contributed by atoms with Crippen molar-refractivity contribution in [2.75, 3.05) is 20.8 Å². The highest BCUT2D eigenvalue weighted by atomic mass is 16.5. The van der Waals surface area contributed by atoms with Gasteiger partial charge in [0.1, 0.15) is 5.82 Å². The summed E-state index contributed by atoms with van der Waals surface area (Å²) in [6.07, 6.45) is 5.37. The number of aliphatic hydroxyl groups excluding tert-OH is 1. The molecule has 2 heterocycles. The topological polar surface area (TPSA) is 101 Å². The third kappa shape index (κ3) is 3.46. The summed E-state index contributed by atoms with van der Waals surface area (Å²) in [7, 11) is 4.78. The Bertz CT molecular complexity index is 1250. The fourth-order valence-electron chi connectivity index (χ4n) is 3.36. The smallest absolute Gasteiger partial charge is 0.333 e. The Balaban J connectivity index is 2.35. The van der Waals surface area contributed by atoms with E-state index in [0.29, 0.717) is 22.9 Å². The Hall–Kier alpha value is -3.51. The zero-order valence-corrected chi connectivity index (χ0v) is 17.4. The number of aryl methyl sites for hydroxylation is 1. The van der Waals surface area contributed by atoms with E-state index in [9.17, 15) is 14.7 Å². The molecule has 30 heavy (non-hydrogen) atoms. The summed E-state index contributed by atoms with van der Waals surface area (Å²) >= 11 is 0. The maximum atomic E-state index is 13.0. The number of terminal acetylenes is 1. The van der Waals surface area contributed by atoms with Gasteiger partial charge in [-0.15, -0.1) is 6.42 Å². The summed E-state index contributed by atoms with van der Waals surface area (Å²) in [5.41, 5.74) is 0.111. The Morgan fingerprint density at radius 1 is 1.20 bits per heavy atom. The lowest BCUT2D eigenvalue weighted by atomic mass is 10.2. The molecule has 0 unspecified atom stereocenters. The maximum Gasteiger partial charge on any atom is 0.333 e. The summed E-state index contributed by atoms with van der Waals surface area (Å²) in [6.45, 7) is 1.72. The number of fused-ring (bicyclic) bond motifs is 1. The van der Waals surface area contributed by atoms with Crippen LogP contribution in [0.2, 0.25) is 0 Å². The molecule has 1 atom stereocenters. The number of aromatic nitrogens is 4. The molecule has 158 valence electrons. The maximum absolute atomic E-state index is 13.0. The van der Waals surface area contributed by atoms with Gasteiger partial charge in [-0.2, -0.15) is 0 Å². The molecule has 0 saturated carbocycles. The molecule has 0 spiro atoms. The van der Waals surface area contributed by atoms with E-state index in [-0.39, 0.29) is 36.8 Å². The van der Waals surface area contributed by atoms with Crippen molar-refractivity contribution in [2.24, 2.45) is 13.0 Å². The number of benzene rings is 1. The van der Waals surface area contributed by atoms with Crippen LogP contribution in [0, 0.1) is 18.3 Å². The first-order valence-corrected chi connectivity index (χ1v) is 9.34. The molecule has 0 aliphatic carbocycles. The first kappa shape index (κ1) is 21.2. The third-order valence-electron chi connectivity index (χ3n) is 4.94. The van der Waals surface area contributed by atoms with Crippen LogP contribution in [-0.2, 0) is 20.1 Å². The molecule has 0 amide bonds. The minimum absolute atomic E-state index is 0.114. The van der Waals surface area contributed by atoms with Crippen LogP contribution in [0.4, 0.5) is 0 Å². The molecule has 0 aliphatic rings. The zero-order chi connectivity index (χ0) is 22.0. The lowest BCUT2D eigenvalue weighted by molar-refractivity contribution is 0.222. The van der Waals surface area contributed by atoms with E-state index < -0.39 is 11.2 Å².